The fourth-order valence-electron chi connectivity index (χ4n) is 2.03. The molecule has 1 aliphatic rings. The zero-order chi connectivity index (χ0) is 13.7. The Hall–Kier alpha value is -1.39. The summed E-state index contributed by atoms with van der Waals surface area (Å²) >= 11 is 0. The van der Waals surface area contributed by atoms with E-state index in [1.54, 1.807) is 0 Å². The number of nitrogens with one attached hydrogen (secondary N) is 2. The summed E-state index contributed by atoms with van der Waals surface area (Å²) in [6.07, 6.45) is 2.61. The fourth-order valence-corrected chi connectivity index (χ4v) is 2.03. The van der Waals surface area contributed by atoms with Crippen molar-refractivity contribution in [1.82, 2.24) is 10.2 Å². The van der Waals surface area contributed by atoms with Crippen LogP contribution in [0.3, 0.4) is 0 Å². The van der Waals surface area contributed by atoms with Gasteiger partial charge in [0.1, 0.15) is 0 Å². The third-order valence-electron chi connectivity index (χ3n) is 3.19. The molecule has 1 fully saturated rings. The van der Waals surface area contributed by atoms with E-state index in [0.717, 1.165) is 30.3 Å². The lowest BCUT2D eigenvalue weighted by atomic mass is 10.1. The van der Waals surface area contributed by atoms with Crippen LogP contribution >= 0.6 is 0 Å². The zero-order valence-corrected chi connectivity index (χ0v) is 11.8. The van der Waals surface area contributed by atoms with Crippen molar-refractivity contribution >= 4 is 11.6 Å². The predicted molar refractivity (Wildman–Crippen MR) is 78.1 cm³/mol. The van der Waals surface area contributed by atoms with Crippen LogP contribution in [-0.4, -0.2) is 38.0 Å². The smallest absolute Gasteiger partial charge is 0.238 e. The van der Waals surface area contributed by atoms with Gasteiger partial charge in [0.15, 0.2) is 0 Å². The van der Waals surface area contributed by atoms with Crippen LogP contribution in [0, 0.1) is 5.92 Å². The highest BCUT2D eigenvalue weighted by atomic mass is 16.1. The van der Waals surface area contributed by atoms with Crippen molar-refractivity contribution in [3.63, 3.8) is 0 Å². The van der Waals surface area contributed by atoms with Crippen molar-refractivity contribution in [2.45, 2.75) is 19.4 Å². The van der Waals surface area contributed by atoms with Crippen molar-refractivity contribution in [2.75, 3.05) is 32.5 Å². The average Bonchev–Trinajstić information content (AvgIpc) is 3.15. The topological polar surface area (TPSA) is 44.4 Å². The van der Waals surface area contributed by atoms with Crippen molar-refractivity contribution in [3.8, 4) is 0 Å². The molecule has 0 unspecified atom stereocenters. The molecule has 0 atom stereocenters. The maximum Gasteiger partial charge on any atom is 0.238 e. The van der Waals surface area contributed by atoms with Gasteiger partial charge < -0.3 is 15.5 Å². The molecule has 2 rings (SSSR count). The zero-order valence-electron chi connectivity index (χ0n) is 11.8. The first-order valence-electron chi connectivity index (χ1n) is 6.88. The van der Waals surface area contributed by atoms with E-state index in [4.69, 9.17) is 0 Å². The number of benzene rings is 1. The van der Waals surface area contributed by atoms with E-state index in [9.17, 15) is 4.79 Å². The summed E-state index contributed by atoms with van der Waals surface area (Å²) in [7, 11) is 4.05. The van der Waals surface area contributed by atoms with Gasteiger partial charge in [0.25, 0.3) is 0 Å². The first-order chi connectivity index (χ1) is 9.15. The highest BCUT2D eigenvalue weighted by Crippen LogP contribution is 2.27. The molecule has 0 spiro atoms. The van der Waals surface area contributed by atoms with Crippen molar-refractivity contribution in [2.24, 2.45) is 5.92 Å². The second kappa shape index (κ2) is 6.68. The van der Waals surface area contributed by atoms with E-state index in [1.165, 1.54) is 12.8 Å². The molecule has 4 nitrogen and oxygen atoms in total. The van der Waals surface area contributed by atoms with Gasteiger partial charge in [0.05, 0.1) is 6.54 Å². The van der Waals surface area contributed by atoms with Gasteiger partial charge in [-0.15, -0.1) is 0 Å². The molecular weight excluding hydrogens is 238 g/mol. The number of anilines is 1. The lowest BCUT2D eigenvalue weighted by Crippen LogP contribution is -2.30. The van der Waals surface area contributed by atoms with Gasteiger partial charge in [-0.3, -0.25) is 4.79 Å². The number of amides is 1. The summed E-state index contributed by atoms with van der Waals surface area (Å²) in [6.45, 7) is 2.19. The second-order valence-electron chi connectivity index (χ2n) is 5.52. The van der Waals surface area contributed by atoms with Crippen molar-refractivity contribution in [3.05, 3.63) is 29.8 Å². The number of hydrogen-bond acceptors (Lipinski definition) is 3. The fraction of sp³-hybridized carbons (Fsp3) is 0.533. The lowest BCUT2D eigenvalue weighted by Gasteiger charge is -2.15. The van der Waals surface area contributed by atoms with E-state index in [-0.39, 0.29) is 5.91 Å². The second-order valence-corrected chi connectivity index (χ2v) is 5.52. The Kier molecular flexibility index (Phi) is 4.93. The first-order valence-corrected chi connectivity index (χ1v) is 6.88. The highest BCUT2D eigenvalue weighted by Gasteiger charge is 2.20. The van der Waals surface area contributed by atoms with Crippen LogP contribution in [-0.2, 0) is 11.3 Å². The van der Waals surface area contributed by atoms with E-state index >= 15 is 0 Å². The van der Waals surface area contributed by atoms with Crippen molar-refractivity contribution < 1.29 is 4.79 Å². The van der Waals surface area contributed by atoms with Crippen LogP contribution in [0.15, 0.2) is 24.3 Å². The summed E-state index contributed by atoms with van der Waals surface area (Å²) in [4.78, 5) is 14.0. The molecule has 1 amide bonds. The van der Waals surface area contributed by atoms with Crippen molar-refractivity contribution in [1.29, 1.82) is 0 Å². The van der Waals surface area contributed by atoms with Gasteiger partial charge in [0.2, 0.25) is 5.91 Å². The van der Waals surface area contributed by atoms with Gasteiger partial charge in [-0.2, -0.15) is 0 Å². The summed E-state index contributed by atoms with van der Waals surface area (Å²) in [5.41, 5.74) is 2.05. The normalized spacial score (nSPS) is 14.7. The molecule has 19 heavy (non-hydrogen) atoms. The first kappa shape index (κ1) is 14.0. The Morgan fingerprint density at radius 3 is 2.74 bits per heavy atom. The van der Waals surface area contributed by atoms with E-state index < -0.39 is 0 Å². The maximum absolute atomic E-state index is 11.9. The molecule has 0 bridgehead atoms. The van der Waals surface area contributed by atoms with Gasteiger partial charge in [0, 0.05) is 12.2 Å². The molecule has 104 valence electrons. The van der Waals surface area contributed by atoms with Crippen LogP contribution in [0.2, 0.25) is 0 Å². The number of carbonyl (C=O) groups is 1. The lowest BCUT2D eigenvalue weighted by molar-refractivity contribution is -0.115. The van der Waals surface area contributed by atoms with Gasteiger partial charge in [-0.1, -0.05) is 18.2 Å². The van der Waals surface area contributed by atoms with Crippen LogP contribution < -0.4 is 10.6 Å². The molecule has 0 radical (unpaired) electrons. The summed E-state index contributed by atoms with van der Waals surface area (Å²) < 4.78 is 0. The van der Waals surface area contributed by atoms with E-state index in [0.29, 0.717) is 6.54 Å². The molecule has 0 saturated heterocycles. The van der Waals surface area contributed by atoms with Gasteiger partial charge >= 0.3 is 0 Å². The Labute approximate surface area is 115 Å². The Balaban J connectivity index is 1.84. The summed E-state index contributed by atoms with van der Waals surface area (Å²) in [6, 6.07) is 7.96. The minimum absolute atomic E-state index is 0.0341. The molecule has 0 aliphatic heterocycles. The number of carbonyl (C=O) groups excluding carboxylic acids is 1. The molecule has 1 aromatic carbocycles. The van der Waals surface area contributed by atoms with Crippen LogP contribution in [0.4, 0.5) is 5.69 Å². The Morgan fingerprint density at radius 2 is 2.05 bits per heavy atom. The SMILES string of the molecule is CN(C)Cc1ccccc1NC(=O)CNCC1CC1. The molecule has 1 aromatic rings. The van der Waals surface area contributed by atoms with Crippen LogP contribution in [0.25, 0.3) is 0 Å². The minimum atomic E-state index is 0.0341. The van der Waals surface area contributed by atoms with Gasteiger partial charge in [-0.05, 0) is 51.0 Å². The molecule has 0 aromatic heterocycles. The van der Waals surface area contributed by atoms with E-state index in [1.807, 2.05) is 38.4 Å². The molecule has 1 aliphatic carbocycles. The Bertz CT molecular complexity index is 427. The number of para-hydroxylation sites is 1. The number of rotatable bonds is 7. The van der Waals surface area contributed by atoms with Gasteiger partial charge in [-0.25, -0.2) is 0 Å². The average molecular weight is 261 g/mol. The summed E-state index contributed by atoms with van der Waals surface area (Å²) in [5.74, 6) is 0.834. The largest absolute Gasteiger partial charge is 0.325 e. The minimum Gasteiger partial charge on any atom is -0.325 e. The molecule has 4 heteroatoms. The quantitative estimate of drug-likeness (QED) is 0.785. The third kappa shape index (κ3) is 5.01. The number of nitrogens with zero attached hydrogens (tertiary/aromatic N) is 1. The summed E-state index contributed by atoms with van der Waals surface area (Å²) in [5, 5.41) is 6.19. The number of hydrogen-bond donors (Lipinski definition) is 2. The maximum atomic E-state index is 11.9. The molecule has 0 heterocycles. The monoisotopic (exact) mass is 261 g/mol. The third-order valence-corrected chi connectivity index (χ3v) is 3.19. The predicted octanol–water partition coefficient (Wildman–Crippen LogP) is 1.69. The van der Waals surface area contributed by atoms with Crippen LogP contribution in [0.5, 0.6) is 0 Å². The van der Waals surface area contributed by atoms with Crippen LogP contribution in [0.1, 0.15) is 18.4 Å². The standard InChI is InChI=1S/C15H23N3O/c1-18(2)11-13-5-3-4-6-14(13)17-15(19)10-16-9-12-7-8-12/h3-6,12,16H,7-11H2,1-2H3,(H,17,19). The Morgan fingerprint density at radius 1 is 1.32 bits per heavy atom. The molecule has 1 saturated carbocycles. The highest BCUT2D eigenvalue weighted by molar-refractivity contribution is 5.92. The van der Waals surface area contributed by atoms with E-state index in [2.05, 4.69) is 15.5 Å². The molecular formula is C15H23N3O. The molecule has 2 N–H and O–H groups in total.